The third-order valence-corrected chi connectivity index (χ3v) is 5.58. The van der Waals surface area contributed by atoms with E-state index in [1.165, 1.54) is 23.5 Å². The molecule has 1 fully saturated rings. The lowest BCUT2D eigenvalue weighted by Gasteiger charge is -2.28. The summed E-state index contributed by atoms with van der Waals surface area (Å²) in [6.07, 6.45) is 2.07. The Hall–Kier alpha value is -1.46. The maximum atomic E-state index is 13.3. The van der Waals surface area contributed by atoms with Crippen molar-refractivity contribution in [3.8, 4) is 0 Å². The summed E-state index contributed by atoms with van der Waals surface area (Å²) in [5.41, 5.74) is 0.230. The highest BCUT2D eigenvalue weighted by Crippen LogP contribution is 2.40. The molecule has 1 aromatic carbocycles. The number of thiophene rings is 1. The molecule has 0 bridgehead atoms. The van der Waals surface area contributed by atoms with Gasteiger partial charge in [-0.25, -0.2) is 4.39 Å². The first-order valence-electron chi connectivity index (χ1n) is 7.06. The standard InChI is InChI=1S/C16H18FNO2S/c1-9-12-7-11(17)5-6-13(12)21-14(9)15(20)18-16(2,8-19)10-3-4-10/h5-7,10,19H,3-4,8H2,1-2H3,(H,18,20). The molecule has 1 aliphatic rings. The van der Waals surface area contributed by atoms with Crippen molar-refractivity contribution >= 4 is 27.3 Å². The highest BCUT2D eigenvalue weighted by molar-refractivity contribution is 7.21. The zero-order valence-electron chi connectivity index (χ0n) is 12.1. The Morgan fingerprint density at radius 1 is 1.52 bits per heavy atom. The molecule has 1 atom stereocenters. The van der Waals surface area contributed by atoms with E-state index < -0.39 is 5.54 Å². The van der Waals surface area contributed by atoms with Gasteiger partial charge in [-0.05, 0) is 61.8 Å². The number of amides is 1. The molecule has 1 aromatic heterocycles. The van der Waals surface area contributed by atoms with Gasteiger partial charge >= 0.3 is 0 Å². The van der Waals surface area contributed by atoms with Crippen molar-refractivity contribution in [2.24, 2.45) is 5.92 Å². The quantitative estimate of drug-likeness (QED) is 0.911. The maximum Gasteiger partial charge on any atom is 0.262 e. The molecule has 112 valence electrons. The van der Waals surface area contributed by atoms with Gasteiger partial charge in [0, 0.05) is 4.70 Å². The van der Waals surface area contributed by atoms with Crippen molar-refractivity contribution in [2.45, 2.75) is 32.2 Å². The summed E-state index contributed by atoms with van der Waals surface area (Å²) in [5.74, 6) is -0.135. The normalized spacial score (nSPS) is 17.7. The van der Waals surface area contributed by atoms with Gasteiger partial charge in [-0.3, -0.25) is 4.79 Å². The number of benzene rings is 1. The summed E-state index contributed by atoms with van der Waals surface area (Å²) in [6, 6.07) is 4.57. The Bertz CT molecular complexity index is 708. The first-order valence-corrected chi connectivity index (χ1v) is 7.88. The Kier molecular flexibility index (Phi) is 3.50. The summed E-state index contributed by atoms with van der Waals surface area (Å²) in [6.45, 7) is 3.65. The van der Waals surface area contributed by atoms with E-state index in [9.17, 15) is 14.3 Å². The van der Waals surface area contributed by atoms with Gasteiger partial charge in [0.05, 0.1) is 17.0 Å². The summed E-state index contributed by atoms with van der Waals surface area (Å²) >= 11 is 1.36. The molecule has 3 rings (SSSR count). The third kappa shape index (κ3) is 2.56. The topological polar surface area (TPSA) is 49.3 Å². The minimum absolute atomic E-state index is 0.0675. The number of hydrogen-bond acceptors (Lipinski definition) is 3. The van der Waals surface area contributed by atoms with Gasteiger partial charge in [0.2, 0.25) is 0 Å². The smallest absolute Gasteiger partial charge is 0.262 e. The van der Waals surface area contributed by atoms with Gasteiger partial charge in [0.1, 0.15) is 5.82 Å². The average molecular weight is 307 g/mol. The van der Waals surface area contributed by atoms with E-state index in [1.54, 1.807) is 6.07 Å². The lowest BCUT2D eigenvalue weighted by atomic mass is 9.96. The molecule has 3 nitrogen and oxygen atoms in total. The predicted molar refractivity (Wildman–Crippen MR) is 82.2 cm³/mol. The number of carbonyl (C=O) groups excluding carboxylic acids is 1. The largest absolute Gasteiger partial charge is 0.394 e. The van der Waals surface area contributed by atoms with E-state index in [1.807, 2.05) is 13.8 Å². The van der Waals surface area contributed by atoms with Crippen LogP contribution in [0.25, 0.3) is 10.1 Å². The Labute approximate surface area is 126 Å². The molecule has 1 saturated carbocycles. The van der Waals surface area contributed by atoms with Crippen molar-refractivity contribution < 1.29 is 14.3 Å². The monoisotopic (exact) mass is 307 g/mol. The first kappa shape index (κ1) is 14.5. The lowest BCUT2D eigenvalue weighted by molar-refractivity contribution is 0.0828. The number of aliphatic hydroxyl groups is 1. The fourth-order valence-corrected chi connectivity index (χ4v) is 3.80. The number of aryl methyl sites for hydroxylation is 1. The van der Waals surface area contributed by atoms with Gasteiger partial charge in [-0.1, -0.05) is 0 Å². The van der Waals surface area contributed by atoms with Crippen LogP contribution in [0.3, 0.4) is 0 Å². The molecule has 21 heavy (non-hydrogen) atoms. The van der Waals surface area contributed by atoms with E-state index in [4.69, 9.17) is 0 Å². The molecular formula is C16H18FNO2S. The predicted octanol–water partition coefficient (Wildman–Crippen LogP) is 3.24. The van der Waals surface area contributed by atoms with E-state index in [0.29, 0.717) is 10.8 Å². The molecule has 1 aliphatic carbocycles. The number of carbonyl (C=O) groups is 1. The van der Waals surface area contributed by atoms with Crippen LogP contribution >= 0.6 is 11.3 Å². The molecule has 0 aliphatic heterocycles. The summed E-state index contributed by atoms with van der Waals surface area (Å²) in [4.78, 5) is 13.1. The fourth-order valence-electron chi connectivity index (χ4n) is 2.72. The van der Waals surface area contributed by atoms with Crippen molar-refractivity contribution in [3.05, 3.63) is 34.5 Å². The van der Waals surface area contributed by atoms with Gasteiger partial charge < -0.3 is 10.4 Å². The average Bonchev–Trinajstić information content (AvgIpc) is 3.26. The number of fused-ring (bicyclic) bond motifs is 1. The number of hydrogen-bond donors (Lipinski definition) is 2. The number of nitrogens with one attached hydrogen (secondary N) is 1. The van der Waals surface area contributed by atoms with Crippen molar-refractivity contribution in [1.29, 1.82) is 0 Å². The summed E-state index contributed by atoms with van der Waals surface area (Å²) < 4.78 is 14.2. The highest BCUT2D eigenvalue weighted by atomic mass is 32.1. The van der Waals surface area contributed by atoms with Crippen LogP contribution in [-0.4, -0.2) is 23.2 Å². The zero-order chi connectivity index (χ0) is 15.2. The van der Waals surface area contributed by atoms with E-state index >= 15 is 0 Å². The molecule has 2 aromatic rings. The van der Waals surface area contributed by atoms with Crippen LogP contribution in [0, 0.1) is 18.7 Å². The van der Waals surface area contributed by atoms with Gasteiger partial charge in [-0.2, -0.15) is 0 Å². The van der Waals surface area contributed by atoms with Crippen LogP contribution in [0.15, 0.2) is 18.2 Å². The Morgan fingerprint density at radius 3 is 2.86 bits per heavy atom. The van der Waals surface area contributed by atoms with Crippen LogP contribution in [-0.2, 0) is 0 Å². The van der Waals surface area contributed by atoms with Gasteiger partial charge in [0.25, 0.3) is 5.91 Å². The molecule has 0 radical (unpaired) electrons. The van der Waals surface area contributed by atoms with E-state index in [-0.39, 0.29) is 18.3 Å². The van der Waals surface area contributed by atoms with Crippen molar-refractivity contribution in [2.75, 3.05) is 6.61 Å². The molecule has 2 N–H and O–H groups in total. The molecule has 1 amide bonds. The SMILES string of the molecule is Cc1c(C(=O)NC(C)(CO)C2CC2)sc2ccc(F)cc12. The van der Waals surface area contributed by atoms with Crippen LogP contribution in [0.5, 0.6) is 0 Å². The minimum atomic E-state index is -0.565. The molecule has 0 spiro atoms. The maximum absolute atomic E-state index is 13.3. The highest BCUT2D eigenvalue weighted by Gasteiger charge is 2.42. The van der Waals surface area contributed by atoms with Crippen LogP contribution < -0.4 is 5.32 Å². The fraction of sp³-hybridized carbons (Fsp3) is 0.438. The second-order valence-corrected chi connectivity index (χ2v) is 7.05. The molecule has 0 saturated heterocycles. The Morgan fingerprint density at radius 2 is 2.24 bits per heavy atom. The van der Waals surface area contributed by atoms with Gasteiger partial charge in [0.15, 0.2) is 0 Å². The van der Waals surface area contributed by atoms with Crippen LogP contribution in [0.2, 0.25) is 0 Å². The first-order chi connectivity index (χ1) is 9.94. The van der Waals surface area contributed by atoms with Crippen LogP contribution in [0.4, 0.5) is 4.39 Å². The van der Waals surface area contributed by atoms with E-state index in [0.717, 1.165) is 28.5 Å². The summed E-state index contributed by atoms with van der Waals surface area (Å²) in [5, 5.41) is 13.3. The second kappa shape index (κ2) is 5.07. The zero-order valence-corrected chi connectivity index (χ0v) is 12.9. The minimum Gasteiger partial charge on any atom is -0.394 e. The number of aliphatic hydroxyl groups excluding tert-OH is 1. The Balaban J connectivity index is 1.92. The molecule has 1 unspecified atom stereocenters. The molecule has 1 heterocycles. The van der Waals surface area contributed by atoms with E-state index in [2.05, 4.69) is 5.32 Å². The van der Waals surface area contributed by atoms with Crippen LogP contribution in [0.1, 0.15) is 35.0 Å². The van der Waals surface area contributed by atoms with Gasteiger partial charge in [-0.15, -0.1) is 11.3 Å². The molecular weight excluding hydrogens is 289 g/mol. The van der Waals surface area contributed by atoms with Crippen molar-refractivity contribution in [1.82, 2.24) is 5.32 Å². The third-order valence-electron chi connectivity index (χ3n) is 4.31. The number of halogens is 1. The molecule has 5 heteroatoms. The second-order valence-electron chi connectivity index (χ2n) is 6.00. The lowest BCUT2D eigenvalue weighted by Crippen LogP contribution is -2.50. The number of rotatable bonds is 4. The van der Waals surface area contributed by atoms with Crippen molar-refractivity contribution in [3.63, 3.8) is 0 Å². The summed E-state index contributed by atoms with van der Waals surface area (Å²) in [7, 11) is 0.